The number of fused-ring (bicyclic) bond motifs is 1. The second kappa shape index (κ2) is 8.60. The van der Waals surface area contributed by atoms with Crippen molar-refractivity contribution in [1.29, 1.82) is 0 Å². The van der Waals surface area contributed by atoms with Crippen LogP contribution in [0.3, 0.4) is 0 Å². The van der Waals surface area contributed by atoms with Crippen LogP contribution < -0.4 is 15.4 Å². The van der Waals surface area contributed by atoms with Gasteiger partial charge in [0.1, 0.15) is 16.3 Å². The molecule has 0 amide bonds. The normalized spacial score (nSPS) is 10.4. The van der Waals surface area contributed by atoms with Crippen molar-refractivity contribution in [2.45, 2.75) is 0 Å². The number of hydrogen-bond acceptors (Lipinski definition) is 7. The van der Waals surface area contributed by atoms with Gasteiger partial charge in [-0.15, -0.1) is 11.3 Å². The first-order valence-electron chi connectivity index (χ1n) is 8.05. The summed E-state index contributed by atoms with van der Waals surface area (Å²) in [6.07, 6.45) is 0. The van der Waals surface area contributed by atoms with E-state index in [1.165, 1.54) is 37.7 Å². The Labute approximate surface area is 179 Å². The number of thiocarbonyl (C=S) groups is 1. The smallest absolute Gasteiger partial charge is 0.349 e. The SMILES string of the molecule is COC(=O)c1sc2cc(NC(=S)Nc3ccc(OC)cc3[N+](=O)[O-])ccc2c1Cl. The average molecular weight is 452 g/mol. The Morgan fingerprint density at radius 3 is 2.62 bits per heavy atom. The van der Waals surface area contributed by atoms with E-state index in [-0.39, 0.29) is 16.5 Å². The van der Waals surface area contributed by atoms with Crippen molar-refractivity contribution in [2.75, 3.05) is 24.9 Å². The highest BCUT2D eigenvalue weighted by atomic mass is 35.5. The number of hydrogen-bond donors (Lipinski definition) is 2. The van der Waals surface area contributed by atoms with Gasteiger partial charge in [-0.25, -0.2) is 4.79 Å². The van der Waals surface area contributed by atoms with Crippen LogP contribution >= 0.6 is 35.2 Å². The molecule has 29 heavy (non-hydrogen) atoms. The molecule has 0 aliphatic rings. The molecule has 3 rings (SSSR count). The Bertz CT molecular complexity index is 1130. The lowest BCUT2D eigenvalue weighted by Crippen LogP contribution is -2.19. The third kappa shape index (κ3) is 4.39. The molecule has 0 saturated heterocycles. The average Bonchev–Trinajstić information content (AvgIpc) is 3.03. The molecule has 1 heterocycles. The first kappa shape index (κ1) is 20.8. The Balaban J connectivity index is 1.81. The van der Waals surface area contributed by atoms with Gasteiger partial charge in [0.2, 0.25) is 0 Å². The van der Waals surface area contributed by atoms with Crippen molar-refractivity contribution in [1.82, 2.24) is 0 Å². The number of esters is 1. The molecule has 0 unspecified atom stereocenters. The number of nitro benzene ring substituents is 1. The Morgan fingerprint density at radius 2 is 1.97 bits per heavy atom. The molecule has 150 valence electrons. The maximum absolute atomic E-state index is 11.8. The molecule has 0 aliphatic heterocycles. The van der Waals surface area contributed by atoms with Crippen LogP contribution in [0.1, 0.15) is 9.67 Å². The van der Waals surface area contributed by atoms with Crippen LogP contribution in [0.2, 0.25) is 5.02 Å². The van der Waals surface area contributed by atoms with E-state index < -0.39 is 10.9 Å². The summed E-state index contributed by atoms with van der Waals surface area (Å²) in [5.74, 6) is -0.141. The lowest BCUT2D eigenvalue weighted by Gasteiger charge is -2.11. The monoisotopic (exact) mass is 451 g/mol. The van der Waals surface area contributed by atoms with Crippen molar-refractivity contribution in [3.8, 4) is 5.75 Å². The molecule has 2 N–H and O–H groups in total. The molecular formula is C18H14ClN3O5S2. The summed E-state index contributed by atoms with van der Waals surface area (Å²) in [5, 5.41) is 18.3. The van der Waals surface area contributed by atoms with E-state index in [2.05, 4.69) is 10.6 Å². The summed E-state index contributed by atoms with van der Waals surface area (Å²) < 4.78 is 10.5. The van der Waals surface area contributed by atoms with Gasteiger partial charge in [-0.2, -0.15) is 0 Å². The number of rotatable bonds is 5. The number of methoxy groups -OCH3 is 2. The summed E-state index contributed by atoms with van der Waals surface area (Å²) in [6.45, 7) is 0. The number of ether oxygens (including phenoxy) is 2. The molecule has 0 aliphatic carbocycles. The Hall–Kier alpha value is -2.95. The lowest BCUT2D eigenvalue weighted by atomic mass is 10.2. The van der Waals surface area contributed by atoms with E-state index in [4.69, 9.17) is 33.3 Å². The van der Waals surface area contributed by atoms with Gasteiger partial charge in [-0.05, 0) is 42.5 Å². The fourth-order valence-electron chi connectivity index (χ4n) is 2.55. The fraction of sp³-hybridized carbons (Fsp3) is 0.111. The number of halogens is 1. The zero-order chi connectivity index (χ0) is 21.1. The van der Waals surface area contributed by atoms with Crippen LogP contribution in [-0.2, 0) is 4.74 Å². The van der Waals surface area contributed by atoms with Crippen molar-refractivity contribution in [2.24, 2.45) is 0 Å². The molecule has 0 fully saturated rings. The zero-order valence-corrected chi connectivity index (χ0v) is 17.5. The van der Waals surface area contributed by atoms with E-state index in [1.807, 2.05) is 0 Å². The molecule has 3 aromatic rings. The summed E-state index contributed by atoms with van der Waals surface area (Å²) in [7, 11) is 2.72. The Morgan fingerprint density at radius 1 is 1.21 bits per heavy atom. The van der Waals surface area contributed by atoms with Crippen LogP contribution in [0, 0.1) is 10.1 Å². The molecule has 0 saturated carbocycles. The standard InChI is InChI=1S/C18H14ClN3O5S2/c1-26-10-4-6-12(13(8-10)22(24)25)21-18(28)20-9-3-5-11-14(7-9)29-16(15(11)19)17(23)27-2/h3-8H,1-2H3,(H2,20,21,28). The van der Waals surface area contributed by atoms with Gasteiger partial charge in [0, 0.05) is 15.8 Å². The van der Waals surface area contributed by atoms with Crippen molar-refractivity contribution < 1.29 is 19.2 Å². The van der Waals surface area contributed by atoms with Crippen molar-refractivity contribution >= 4 is 73.4 Å². The highest BCUT2D eigenvalue weighted by Crippen LogP contribution is 2.37. The van der Waals surface area contributed by atoms with Gasteiger partial charge >= 0.3 is 5.97 Å². The summed E-state index contributed by atoms with van der Waals surface area (Å²) >= 11 is 12.7. The molecule has 8 nitrogen and oxygen atoms in total. The summed E-state index contributed by atoms with van der Waals surface area (Å²) in [6, 6.07) is 9.66. The molecule has 0 bridgehead atoms. The third-order valence-electron chi connectivity index (χ3n) is 3.91. The van der Waals surface area contributed by atoms with Gasteiger partial charge < -0.3 is 20.1 Å². The van der Waals surface area contributed by atoms with Crippen LogP contribution in [0.4, 0.5) is 17.1 Å². The molecular weight excluding hydrogens is 438 g/mol. The number of nitrogens with zero attached hydrogens (tertiary/aromatic N) is 1. The topological polar surface area (TPSA) is 103 Å². The number of nitrogens with one attached hydrogen (secondary N) is 2. The van der Waals surface area contributed by atoms with Crippen LogP contribution in [0.15, 0.2) is 36.4 Å². The molecule has 0 radical (unpaired) electrons. The first-order valence-corrected chi connectivity index (χ1v) is 9.65. The van der Waals surface area contributed by atoms with Crippen LogP contribution in [0.5, 0.6) is 5.75 Å². The fourth-order valence-corrected chi connectivity index (χ4v) is 4.24. The molecule has 0 atom stereocenters. The van der Waals surface area contributed by atoms with E-state index in [0.717, 1.165) is 4.70 Å². The van der Waals surface area contributed by atoms with E-state index >= 15 is 0 Å². The van der Waals surface area contributed by atoms with Crippen LogP contribution in [-0.4, -0.2) is 30.2 Å². The minimum Gasteiger partial charge on any atom is -0.496 e. The van der Waals surface area contributed by atoms with Gasteiger partial charge in [-0.3, -0.25) is 10.1 Å². The Kier molecular flexibility index (Phi) is 6.16. The summed E-state index contributed by atoms with van der Waals surface area (Å²) in [4.78, 5) is 22.9. The van der Waals surface area contributed by atoms with E-state index in [0.29, 0.717) is 26.7 Å². The van der Waals surface area contributed by atoms with Crippen molar-refractivity contribution in [3.05, 3.63) is 56.4 Å². The number of benzene rings is 2. The quantitative estimate of drug-likeness (QED) is 0.240. The highest BCUT2D eigenvalue weighted by Gasteiger charge is 2.19. The number of carbonyl (C=O) groups excluding carboxylic acids is 1. The third-order valence-corrected chi connectivity index (χ3v) is 5.75. The van der Waals surface area contributed by atoms with Gasteiger partial charge in [0.25, 0.3) is 5.69 Å². The largest absolute Gasteiger partial charge is 0.496 e. The summed E-state index contributed by atoms with van der Waals surface area (Å²) in [5.41, 5.74) is 0.679. The molecule has 11 heteroatoms. The van der Waals surface area contributed by atoms with Gasteiger partial charge in [0.15, 0.2) is 5.11 Å². The first-order chi connectivity index (χ1) is 13.8. The van der Waals surface area contributed by atoms with E-state index in [9.17, 15) is 14.9 Å². The predicted molar refractivity (Wildman–Crippen MR) is 118 cm³/mol. The minimum atomic E-state index is -0.526. The van der Waals surface area contributed by atoms with Gasteiger partial charge in [-0.1, -0.05) is 11.6 Å². The molecule has 0 spiro atoms. The number of anilines is 2. The minimum absolute atomic E-state index is 0.161. The van der Waals surface area contributed by atoms with Crippen molar-refractivity contribution in [3.63, 3.8) is 0 Å². The highest BCUT2D eigenvalue weighted by molar-refractivity contribution is 7.80. The number of nitro groups is 1. The maximum atomic E-state index is 11.8. The second-order valence-electron chi connectivity index (χ2n) is 5.67. The predicted octanol–water partition coefficient (Wildman–Crippen LogP) is 5.07. The van der Waals surface area contributed by atoms with Crippen LogP contribution in [0.25, 0.3) is 10.1 Å². The number of carbonyl (C=O) groups is 1. The van der Waals surface area contributed by atoms with Gasteiger partial charge in [0.05, 0.1) is 30.2 Å². The second-order valence-corrected chi connectivity index (χ2v) is 7.51. The zero-order valence-electron chi connectivity index (χ0n) is 15.1. The number of thiophene rings is 1. The lowest BCUT2D eigenvalue weighted by molar-refractivity contribution is -0.384. The molecule has 2 aromatic carbocycles. The van der Waals surface area contributed by atoms with E-state index in [1.54, 1.807) is 24.3 Å². The molecule has 1 aromatic heterocycles. The maximum Gasteiger partial charge on any atom is 0.349 e.